The van der Waals surface area contributed by atoms with E-state index in [9.17, 15) is 4.79 Å². The molecular formula is C15H23NO2. The number of methoxy groups -OCH3 is 1. The highest BCUT2D eigenvalue weighted by Crippen LogP contribution is 2.23. The Kier molecular flexibility index (Phi) is 5.20. The molecule has 0 aliphatic rings. The Hall–Kier alpha value is -1.51. The SMILES string of the molecule is COc1cc(C)c(C)cc1CCNC(=O)C(C)C. The van der Waals surface area contributed by atoms with E-state index < -0.39 is 0 Å². The van der Waals surface area contributed by atoms with E-state index in [2.05, 4.69) is 31.3 Å². The third-order valence-electron chi connectivity index (χ3n) is 3.11. The molecule has 1 N–H and O–H groups in total. The summed E-state index contributed by atoms with van der Waals surface area (Å²) in [6.07, 6.45) is 0.794. The van der Waals surface area contributed by atoms with Gasteiger partial charge < -0.3 is 10.1 Å². The molecule has 0 heterocycles. The molecule has 0 aliphatic carbocycles. The molecule has 0 saturated carbocycles. The molecule has 1 amide bonds. The zero-order valence-corrected chi connectivity index (χ0v) is 12.0. The molecule has 3 nitrogen and oxygen atoms in total. The van der Waals surface area contributed by atoms with Gasteiger partial charge in [-0.3, -0.25) is 4.79 Å². The molecule has 0 spiro atoms. The van der Waals surface area contributed by atoms with Gasteiger partial charge in [0.15, 0.2) is 0 Å². The highest BCUT2D eigenvalue weighted by Gasteiger charge is 2.08. The van der Waals surface area contributed by atoms with Crippen LogP contribution >= 0.6 is 0 Å². The molecule has 0 fully saturated rings. The first-order valence-corrected chi connectivity index (χ1v) is 6.37. The first-order valence-electron chi connectivity index (χ1n) is 6.37. The maximum Gasteiger partial charge on any atom is 0.222 e. The standard InChI is InChI=1S/C15H23NO2/c1-10(2)15(17)16-7-6-13-8-11(3)12(4)9-14(13)18-5/h8-10H,6-7H2,1-5H3,(H,16,17). The average molecular weight is 249 g/mol. The van der Waals surface area contributed by atoms with E-state index in [0.29, 0.717) is 6.54 Å². The van der Waals surface area contributed by atoms with E-state index >= 15 is 0 Å². The summed E-state index contributed by atoms with van der Waals surface area (Å²) in [7, 11) is 1.68. The van der Waals surface area contributed by atoms with Crippen molar-refractivity contribution < 1.29 is 9.53 Å². The second kappa shape index (κ2) is 6.43. The number of rotatable bonds is 5. The third-order valence-corrected chi connectivity index (χ3v) is 3.11. The Morgan fingerprint density at radius 2 is 1.89 bits per heavy atom. The first-order chi connectivity index (χ1) is 8.45. The Balaban J connectivity index is 2.67. The third kappa shape index (κ3) is 3.76. The van der Waals surface area contributed by atoms with Gasteiger partial charge in [0.25, 0.3) is 0 Å². The number of hydrogen-bond donors (Lipinski definition) is 1. The Morgan fingerprint density at radius 1 is 1.28 bits per heavy atom. The number of benzene rings is 1. The first kappa shape index (κ1) is 14.6. The van der Waals surface area contributed by atoms with E-state index in [1.54, 1.807) is 7.11 Å². The number of amides is 1. The van der Waals surface area contributed by atoms with Crippen LogP contribution in [0.25, 0.3) is 0 Å². The second-order valence-corrected chi connectivity index (χ2v) is 4.94. The van der Waals surface area contributed by atoms with E-state index in [4.69, 9.17) is 4.74 Å². The van der Waals surface area contributed by atoms with Crippen LogP contribution < -0.4 is 10.1 Å². The van der Waals surface area contributed by atoms with Gasteiger partial charge in [-0.2, -0.15) is 0 Å². The fourth-order valence-corrected chi connectivity index (χ4v) is 1.76. The predicted molar refractivity (Wildman–Crippen MR) is 74.0 cm³/mol. The van der Waals surface area contributed by atoms with Gasteiger partial charge in [0.05, 0.1) is 7.11 Å². The van der Waals surface area contributed by atoms with Crippen molar-refractivity contribution >= 4 is 5.91 Å². The summed E-state index contributed by atoms with van der Waals surface area (Å²) in [4.78, 5) is 11.5. The molecule has 1 rings (SSSR count). The van der Waals surface area contributed by atoms with Gasteiger partial charge in [0, 0.05) is 12.5 Å². The highest BCUT2D eigenvalue weighted by atomic mass is 16.5. The maximum atomic E-state index is 11.5. The summed E-state index contributed by atoms with van der Waals surface area (Å²) in [5.74, 6) is 1.03. The van der Waals surface area contributed by atoms with Crippen molar-refractivity contribution in [2.24, 2.45) is 5.92 Å². The van der Waals surface area contributed by atoms with Gasteiger partial charge in [-0.25, -0.2) is 0 Å². The zero-order valence-electron chi connectivity index (χ0n) is 12.0. The molecule has 0 saturated heterocycles. The number of aryl methyl sites for hydroxylation is 2. The Labute approximate surface area is 110 Å². The maximum absolute atomic E-state index is 11.5. The number of ether oxygens (including phenoxy) is 1. The summed E-state index contributed by atoms with van der Waals surface area (Å²) in [5, 5.41) is 2.92. The van der Waals surface area contributed by atoms with Crippen molar-refractivity contribution in [3.05, 3.63) is 28.8 Å². The Morgan fingerprint density at radius 3 is 2.44 bits per heavy atom. The lowest BCUT2D eigenvalue weighted by Crippen LogP contribution is -2.29. The lowest BCUT2D eigenvalue weighted by atomic mass is 10.0. The van der Waals surface area contributed by atoms with Crippen LogP contribution in [0.5, 0.6) is 5.75 Å². The number of carbonyl (C=O) groups excluding carboxylic acids is 1. The molecule has 0 atom stereocenters. The quantitative estimate of drug-likeness (QED) is 0.871. The van der Waals surface area contributed by atoms with Gasteiger partial charge in [-0.05, 0) is 43.0 Å². The van der Waals surface area contributed by atoms with Crippen molar-refractivity contribution in [3.63, 3.8) is 0 Å². The predicted octanol–water partition coefficient (Wildman–Crippen LogP) is 2.63. The monoisotopic (exact) mass is 249 g/mol. The van der Waals surface area contributed by atoms with Crippen molar-refractivity contribution in [2.45, 2.75) is 34.1 Å². The lowest BCUT2D eigenvalue weighted by molar-refractivity contribution is -0.123. The lowest BCUT2D eigenvalue weighted by Gasteiger charge is -2.13. The zero-order chi connectivity index (χ0) is 13.7. The highest BCUT2D eigenvalue weighted by molar-refractivity contribution is 5.77. The molecule has 0 bridgehead atoms. The molecular weight excluding hydrogens is 226 g/mol. The van der Waals surface area contributed by atoms with Crippen LogP contribution in [0.1, 0.15) is 30.5 Å². The molecule has 0 radical (unpaired) electrons. The minimum Gasteiger partial charge on any atom is -0.496 e. The molecule has 18 heavy (non-hydrogen) atoms. The second-order valence-electron chi connectivity index (χ2n) is 4.94. The van der Waals surface area contributed by atoms with Crippen molar-refractivity contribution in [2.75, 3.05) is 13.7 Å². The van der Waals surface area contributed by atoms with Gasteiger partial charge in [0.1, 0.15) is 5.75 Å². The molecule has 0 aliphatic heterocycles. The van der Waals surface area contributed by atoms with Crippen LogP contribution in [0.4, 0.5) is 0 Å². The molecule has 0 aromatic heterocycles. The smallest absolute Gasteiger partial charge is 0.222 e. The van der Waals surface area contributed by atoms with Crippen LogP contribution in [0.15, 0.2) is 12.1 Å². The summed E-state index contributed by atoms with van der Waals surface area (Å²) in [6, 6.07) is 4.19. The minimum atomic E-state index is 0.0339. The van der Waals surface area contributed by atoms with E-state index in [1.807, 2.05) is 13.8 Å². The Bertz CT molecular complexity index is 425. The van der Waals surface area contributed by atoms with Crippen molar-refractivity contribution in [1.29, 1.82) is 0 Å². The summed E-state index contributed by atoms with van der Waals surface area (Å²) >= 11 is 0. The van der Waals surface area contributed by atoms with E-state index in [1.165, 1.54) is 11.1 Å². The van der Waals surface area contributed by atoms with Gasteiger partial charge in [-0.1, -0.05) is 19.9 Å². The summed E-state index contributed by atoms with van der Waals surface area (Å²) in [5.41, 5.74) is 3.62. The number of hydrogen-bond acceptors (Lipinski definition) is 2. The molecule has 1 aromatic carbocycles. The number of carbonyl (C=O) groups is 1. The van der Waals surface area contributed by atoms with Gasteiger partial charge in [-0.15, -0.1) is 0 Å². The van der Waals surface area contributed by atoms with E-state index in [0.717, 1.165) is 17.7 Å². The molecule has 0 unspecified atom stereocenters. The van der Waals surface area contributed by atoms with Crippen molar-refractivity contribution in [3.8, 4) is 5.75 Å². The fourth-order valence-electron chi connectivity index (χ4n) is 1.76. The number of nitrogens with one attached hydrogen (secondary N) is 1. The van der Waals surface area contributed by atoms with Crippen LogP contribution in [0.2, 0.25) is 0 Å². The van der Waals surface area contributed by atoms with Crippen LogP contribution in [0, 0.1) is 19.8 Å². The van der Waals surface area contributed by atoms with E-state index in [-0.39, 0.29) is 11.8 Å². The van der Waals surface area contributed by atoms with Gasteiger partial charge >= 0.3 is 0 Å². The van der Waals surface area contributed by atoms with Crippen molar-refractivity contribution in [1.82, 2.24) is 5.32 Å². The van der Waals surface area contributed by atoms with Gasteiger partial charge in [0.2, 0.25) is 5.91 Å². The summed E-state index contributed by atoms with van der Waals surface area (Å²) < 4.78 is 5.37. The van der Waals surface area contributed by atoms with Crippen LogP contribution in [-0.4, -0.2) is 19.6 Å². The normalized spacial score (nSPS) is 10.6. The minimum absolute atomic E-state index is 0.0339. The largest absolute Gasteiger partial charge is 0.496 e. The molecule has 3 heteroatoms. The molecule has 1 aromatic rings. The topological polar surface area (TPSA) is 38.3 Å². The molecule has 100 valence electrons. The fraction of sp³-hybridized carbons (Fsp3) is 0.533. The summed E-state index contributed by atoms with van der Waals surface area (Å²) in [6.45, 7) is 8.60. The van der Waals surface area contributed by atoms with Crippen LogP contribution in [-0.2, 0) is 11.2 Å². The average Bonchev–Trinajstić information content (AvgIpc) is 2.32. The van der Waals surface area contributed by atoms with Crippen LogP contribution in [0.3, 0.4) is 0 Å².